The molecule has 15 heavy (non-hydrogen) atoms. The van der Waals surface area contributed by atoms with Crippen molar-refractivity contribution >= 4 is 34.8 Å². The number of hydrogen-bond acceptors (Lipinski definition) is 4. The van der Waals surface area contributed by atoms with Crippen LogP contribution in [0.3, 0.4) is 0 Å². The molecule has 1 N–H and O–H groups in total. The van der Waals surface area contributed by atoms with Crippen LogP contribution in [0.4, 0.5) is 0 Å². The number of benzene rings is 1. The van der Waals surface area contributed by atoms with Crippen LogP contribution in [0.1, 0.15) is 5.89 Å². The molecule has 0 unspecified atom stereocenters. The number of aromatic nitrogens is 2. The summed E-state index contributed by atoms with van der Waals surface area (Å²) in [6, 6.07) is 7.72. The van der Waals surface area contributed by atoms with Crippen molar-refractivity contribution in [1.29, 1.82) is 0 Å². The van der Waals surface area contributed by atoms with Gasteiger partial charge in [-0.3, -0.25) is 0 Å². The summed E-state index contributed by atoms with van der Waals surface area (Å²) in [5.41, 5.74) is 0. The number of aromatic amines is 1. The number of halogens is 1. The van der Waals surface area contributed by atoms with E-state index in [0.717, 1.165) is 9.32 Å². The molecule has 0 bridgehead atoms. The van der Waals surface area contributed by atoms with E-state index in [-0.39, 0.29) is 11.4 Å². The Morgan fingerprint density at radius 3 is 2.73 bits per heavy atom. The average molecular weight is 334 g/mol. The van der Waals surface area contributed by atoms with Crippen molar-refractivity contribution < 1.29 is 9.15 Å². The molecule has 0 atom stereocenters. The Labute approximate surface area is 105 Å². The number of hydrogen-bond donors (Lipinski definition) is 1. The average Bonchev–Trinajstić information content (AvgIpc) is 2.64. The van der Waals surface area contributed by atoms with E-state index in [4.69, 9.17) is 21.4 Å². The lowest BCUT2D eigenvalue weighted by atomic mass is 10.3. The number of nitrogens with one attached hydrogen (secondary N) is 1. The summed E-state index contributed by atoms with van der Waals surface area (Å²) in [6.45, 7) is 0.272. The van der Waals surface area contributed by atoms with Crippen molar-refractivity contribution in [3.05, 3.63) is 38.6 Å². The van der Waals surface area contributed by atoms with E-state index in [1.165, 1.54) is 0 Å². The van der Waals surface area contributed by atoms with Gasteiger partial charge in [0.15, 0.2) is 6.61 Å². The molecule has 2 rings (SSSR count). The molecular weight excluding hydrogens is 327 g/mol. The second-order valence-corrected chi connectivity index (χ2v) is 4.37. The van der Waals surface area contributed by atoms with Gasteiger partial charge in [-0.25, -0.2) is 5.10 Å². The topological polar surface area (TPSA) is 51.0 Å². The lowest BCUT2D eigenvalue weighted by Gasteiger charge is -2.02. The summed E-state index contributed by atoms with van der Waals surface area (Å²) in [7, 11) is 0. The highest BCUT2D eigenvalue weighted by molar-refractivity contribution is 14.1. The molecule has 0 aliphatic carbocycles. The van der Waals surface area contributed by atoms with E-state index in [1.807, 2.05) is 24.3 Å². The van der Waals surface area contributed by atoms with Crippen LogP contribution in [0.5, 0.6) is 5.75 Å². The molecule has 1 heterocycles. The molecule has 0 radical (unpaired) electrons. The zero-order valence-corrected chi connectivity index (χ0v) is 10.5. The van der Waals surface area contributed by atoms with Gasteiger partial charge in [0.1, 0.15) is 5.75 Å². The van der Waals surface area contributed by atoms with Gasteiger partial charge in [0.2, 0.25) is 0 Å². The Hall–Kier alpha value is -0.890. The first-order valence-electron chi connectivity index (χ1n) is 4.17. The van der Waals surface area contributed by atoms with E-state index in [2.05, 4.69) is 32.8 Å². The molecule has 1 aromatic heterocycles. The Kier molecular flexibility index (Phi) is 3.37. The van der Waals surface area contributed by atoms with Gasteiger partial charge >= 0.3 is 0 Å². The first-order chi connectivity index (χ1) is 7.24. The van der Waals surface area contributed by atoms with Gasteiger partial charge in [-0.15, -0.1) is 5.10 Å². The Morgan fingerprint density at radius 1 is 1.40 bits per heavy atom. The third-order valence-corrected chi connectivity index (χ3v) is 2.55. The third kappa shape index (κ3) is 3.03. The lowest BCUT2D eigenvalue weighted by molar-refractivity contribution is 0.261. The highest BCUT2D eigenvalue weighted by Gasteiger charge is 2.00. The normalized spacial score (nSPS) is 10.2. The summed E-state index contributed by atoms with van der Waals surface area (Å²) in [5.74, 6) is 1.22. The molecule has 4 nitrogen and oxygen atoms in total. The third-order valence-electron chi connectivity index (χ3n) is 1.66. The maximum Gasteiger partial charge on any atom is 0.284 e. The predicted octanol–water partition coefficient (Wildman–Crippen LogP) is 2.92. The van der Waals surface area contributed by atoms with Crippen LogP contribution in [0, 0.1) is 8.41 Å². The highest BCUT2D eigenvalue weighted by atomic mass is 127. The fraction of sp³-hybridized carbons (Fsp3) is 0.111. The number of ether oxygens (including phenoxy) is 1. The van der Waals surface area contributed by atoms with Crippen molar-refractivity contribution in [2.24, 2.45) is 0 Å². The van der Waals surface area contributed by atoms with Crippen LogP contribution in [-0.2, 0) is 6.61 Å². The van der Waals surface area contributed by atoms with Crippen molar-refractivity contribution in [3.8, 4) is 5.75 Å². The molecular formula is C9H7IN2O2S. The second-order valence-electron chi connectivity index (χ2n) is 2.75. The lowest BCUT2D eigenvalue weighted by Crippen LogP contribution is -1.95. The van der Waals surface area contributed by atoms with E-state index < -0.39 is 0 Å². The fourth-order valence-corrected chi connectivity index (χ4v) is 1.50. The Balaban J connectivity index is 1.99. The van der Waals surface area contributed by atoms with Crippen LogP contribution in [0.2, 0.25) is 0 Å². The van der Waals surface area contributed by atoms with Gasteiger partial charge in [0.25, 0.3) is 10.7 Å². The molecule has 0 saturated heterocycles. The van der Waals surface area contributed by atoms with E-state index >= 15 is 0 Å². The quantitative estimate of drug-likeness (QED) is 0.693. The fourth-order valence-electron chi connectivity index (χ4n) is 0.998. The summed E-state index contributed by atoms with van der Waals surface area (Å²) in [5, 5.41) is 6.36. The second kappa shape index (κ2) is 4.75. The molecule has 78 valence electrons. The maximum atomic E-state index is 5.43. The van der Waals surface area contributed by atoms with Crippen LogP contribution >= 0.6 is 34.8 Å². The number of H-pyrrole nitrogens is 1. The van der Waals surface area contributed by atoms with Crippen molar-refractivity contribution in [3.63, 3.8) is 0 Å². The summed E-state index contributed by atoms with van der Waals surface area (Å²) in [6.07, 6.45) is 0. The number of rotatable bonds is 3. The number of nitrogens with zero attached hydrogens (tertiary/aromatic N) is 1. The molecule has 6 heteroatoms. The summed E-state index contributed by atoms with van der Waals surface area (Å²) < 4.78 is 11.6. The molecule has 0 spiro atoms. The molecule has 0 aliphatic rings. The molecule has 0 aliphatic heterocycles. The maximum absolute atomic E-state index is 5.43. The monoisotopic (exact) mass is 334 g/mol. The first kappa shape index (κ1) is 10.6. The van der Waals surface area contributed by atoms with Gasteiger partial charge in [0.05, 0.1) is 0 Å². The standard InChI is InChI=1S/C9H7IN2O2S/c10-6-1-3-7(4-2-6)13-5-8-11-12-9(15)14-8/h1-4H,5H2,(H,12,15). The van der Waals surface area contributed by atoms with Crippen LogP contribution < -0.4 is 4.74 Å². The summed E-state index contributed by atoms with van der Waals surface area (Å²) in [4.78, 5) is 0.260. The van der Waals surface area contributed by atoms with Gasteiger partial charge in [-0.1, -0.05) is 0 Å². The minimum absolute atomic E-state index is 0.260. The van der Waals surface area contributed by atoms with Gasteiger partial charge in [-0.2, -0.15) is 0 Å². The zero-order chi connectivity index (χ0) is 10.7. The van der Waals surface area contributed by atoms with E-state index in [0.29, 0.717) is 5.89 Å². The van der Waals surface area contributed by atoms with Crippen molar-refractivity contribution in [2.75, 3.05) is 0 Å². The predicted molar refractivity (Wildman–Crippen MR) is 65.2 cm³/mol. The minimum atomic E-state index is 0.260. The highest BCUT2D eigenvalue weighted by Crippen LogP contribution is 2.14. The molecule has 1 aromatic carbocycles. The van der Waals surface area contributed by atoms with Gasteiger partial charge in [0, 0.05) is 3.57 Å². The van der Waals surface area contributed by atoms with E-state index in [9.17, 15) is 0 Å². The molecule has 0 saturated carbocycles. The molecule has 0 fully saturated rings. The zero-order valence-electron chi connectivity index (χ0n) is 7.57. The van der Waals surface area contributed by atoms with Gasteiger partial charge in [-0.05, 0) is 59.1 Å². The Morgan fingerprint density at radius 2 is 2.13 bits per heavy atom. The smallest absolute Gasteiger partial charge is 0.284 e. The Bertz CT molecular complexity index is 491. The van der Waals surface area contributed by atoms with Crippen LogP contribution in [0.15, 0.2) is 28.7 Å². The molecule has 2 aromatic rings. The van der Waals surface area contributed by atoms with Gasteiger partial charge < -0.3 is 9.15 Å². The first-order valence-corrected chi connectivity index (χ1v) is 5.65. The van der Waals surface area contributed by atoms with Crippen LogP contribution in [-0.4, -0.2) is 10.2 Å². The molecule has 0 amide bonds. The van der Waals surface area contributed by atoms with Crippen molar-refractivity contribution in [1.82, 2.24) is 10.2 Å². The largest absolute Gasteiger partial charge is 0.484 e. The van der Waals surface area contributed by atoms with Crippen molar-refractivity contribution in [2.45, 2.75) is 6.61 Å². The van der Waals surface area contributed by atoms with E-state index in [1.54, 1.807) is 0 Å². The minimum Gasteiger partial charge on any atom is -0.484 e. The SMILES string of the molecule is S=c1[nH]nc(COc2ccc(I)cc2)o1. The van der Waals surface area contributed by atoms with Crippen LogP contribution in [0.25, 0.3) is 0 Å². The summed E-state index contributed by atoms with van der Waals surface area (Å²) >= 11 is 6.97.